The second kappa shape index (κ2) is 8.67. The van der Waals surface area contributed by atoms with Gasteiger partial charge in [0.25, 0.3) is 0 Å². The predicted octanol–water partition coefficient (Wildman–Crippen LogP) is 3.19. The van der Waals surface area contributed by atoms with Gasteiger partial charge in [-0.2, -0.15) is 0 Å². The van der Waals surface area contributed by atoms with Crippen molar-refractivity contribution in [3.05, 3.63) is 24.3 Å². The SMILES string of the molecule is COc1cccc(NC(=O)CNCCCC2CCCC2)c1. The summed E-state index contributed by atoms with van der Waals surface area (Å²) in [6.45, 7) is 1.28. The van der Waals surface area contributed by atoms with Gasteiger partial charge in [-0.15, -0.1) is 0 Å². The molecule has 116 valence electrons. The molecular formula is C17H26N2O2. The van der Waals surface area contributed by atoms with Crippen molar-refractivity contribution in [2.45, 2.75) is 38.5 Å². The van der Waals surface area contributed by atoms with E-state index in [4.69, 9.17) is 4.74 Å². The molecule has 2 N–H and O–H groups in total. The Labute approximate surface area is 127 Å². The summed E-state index contributed by atoms with van der Waals surface area (Å²) in [4.78, 5) is 11.8. The molecule has 1 aromatic carbocycles. The molecule has 4 nitrogen and oxygen atoms in total. The van der Waals surface area contributed by atoms with Crippen LogP contribution in [0.5, 0.6) is 5.75 Å². The van der Waals surface area contributed by atoms with E-state index >= 15 is 0 Å². The van der Waals surface area contributed by atoms with Crippen LogP contribution >= 0.6 is 0 Å². The highest BCUT2D eigenvalue weighted by Gasteiger charge is 2.13. The molecular weight excluding hydrogens is 264 g/mol. The minimum absolute atomic E-state index is 0.0101. The Balaban J connectivity index is 1.58. The summed E-state index contributed by atoms with van der Waals surface area (Å²) in [7, 11) is 1.62. The minimum atomic E-state index is -0.0101. The molecule has 0 unspecified atom stereocenters. The van der Waals surface area contributed by atoms with Crippen molar-refractivity contribution in [1.82, 2.24) is 5.32 Å². The summed E-state index contributed by atoms with van der Waals surface area (Å²) in [6.07, 6.45) is 8.07. The zero-order valence-corrected chi connectivity index (χ0v) is 12.9. The number of nitrogens with one attached hydrogen (secondary N) is 2. The Morgan fingerprint density at radius 2 is 2.14 bits per heavy atom. The fraction of sp³-hybridized carbons (Fsp3) is 0.588. The van der Waals surface area contributed by atoms with E-state index in [1.54, 1.807) is 7.11 Å². The molecule has 1 aromatic rings. The molecule has 1 fully saturated rings. The summed E-state index contributed by atoms with van der Waals surface area (Å²) < 4.78 is 5.13. The molecule has 0 aromatic heterocycles. The van der Waals surface area contributed by atoms with Crippen LogP contribution < -0.4 is 15.4 Å². The molecule has 0 heterocycles. The summed E-state index contributed by atoms with van der Waals surface area (Å²) in [5, 5.41) is 6.08. The largest absolute Gasteiger partial charge is 0.497 e. The van der Waals surface area contributed by atoms with Crippen LogP contribution in [0.4, 0.5) is 5.69 Å². The van der Waals surface area contributed by atoms with Crippen LogP contribution in [0.3, 0.4) is 0 Å². The number of hydrogen-bond acceptors (Lipinski definition) is 3. The van der Waals surface area contributed by atoms with Gasteiger partial charge in [-0.3, -0.25) is 4.79 Å². The van der Waals surface area contributed by atoms with Crippen LogP contribution in [-0.4, -0.2) is 26.1 Å². The number of amides is 1. The average molecular weight is 290 g/mol. The standard InChI is InChI=1S/C17H26N2O2/c1-21-16-10-4-9-15(12-16)19-17(20)13-18-11-5-8-14-6-2-3-7-14/h4,9-10,12,14,18H,2-3,5-8,11,13H2,1H3,(H,19,20). The third kappa shape index (κ3) is 5.76. The second-order valence-corrected chi connectivity index (χ2v) is 5.75. The maximum Gasteiger partial charge on any atom is 0.238 e. The van der Waals surface area contributed by atoms with Crippen LogP contribution in [0.2, 0.25) is 0 Å². The lowest BCUT2D eigenvalue weighted by Gasteiger charge is -2.10. The highest BCUT2D eigenvalue weighted by atomic mass is 16.5. The Hall–Kier alpha value is -1.55. The molecule has 1 aliphatic carbocycles. The molecule has 0 aliphatic heterocycles. The number of carbonyl (C=O) groups is 1. The van der Waals surface area contributed by atoms with E-state index in [-0.39, 0.29) is 5.91 Å². The topological polar surface area (TPSA) is 50.4 Å². The maximum atomic E-state index is 11.8. The highest BCUT2D eigenvalue weighted by Crippen LogP contribution is 2.28. The normalized spacial score (nSPS) is 15.1. The molecule has 4 heteroatoms. The monoisotopic (exact) mass is 290 g/mol. The lowest BCUT2D eigenvalue weighted by Crippen LogP contribution is -2.28. The molecule has 1 saturated carbocycles. The average Bonchev–Trinajstić information content (AvgIpc) is 3.00. The second-order valence-electron chi connectivity index (χ2n) is 5.75. The number of anilines is 1. The van der Waals surface area contributed by atoms with E-state index in [1.165, 1.54) is 32.1 Å². The molecule has 0 bridgehead atoms. The fourth-order valence-corrected chi connectivity index (χ4v) is 2.92. The number of carbonyl (C=O) groups excluding carboxylic acids is 1. The van der Waals surface area contributed by atoms with E-state index in [0.717, 1.165) is 30.3 Å². The Morgan fingerprint density at radius 3 is 2.90 bits per heavy atom. The van der Waals surface area contributed by atoms with Crippen LogP contribution in [0.25, 0.3) is 0 Å². The van der Waals surface area contributed by atoms with Crippen molar-refractivity contribution >= 4 is 11.6 Å². The number of methoxy groups -OCH3 is 1. The first-order valence-corrected chi connectivity index (χ1v) is 7.92. The van der Waals surface area contributed by atoms with Gasteiger partial charge >= 0.3 is 0 Å². The van der Waals surface area contributed by atoms with Crippen molar-refractivity contribution < 1.29 is 9.53 Å². The van der Waals surface area contributed by atoms with E-state index in [2.05, 4.69) is 10.6 Å². The first kappa shape index (κ1) is 15.8. The van der Waals surface area contributed by atoms with Crippen LogP contribution in [-0.2, 0) is 4.79 Å². The summed E-state index contributed by atoms with van der Waals surface area (Å²) in [6, 6.07) is 7.40. The summed E-state index contributed by atoms with van der Waals surface area (Å²) >= 11 is 0. The number of rotatable bonds is 8. The lowest BCUT2D eigenvalue weighted by atomic mass is 10.0. The van der Waals surface area contributed by atoms with Crippen molar-refractivity contribution in [3.63, 3.8) is 0 Å². The van der Waals surface area contributed by atoms with Crippen molar-refractivity contribution in [3.8, 4) is 5.75 Å². The highest BCUT2D eigenvalue weighted by molar-refractivity contribution is 5.92. The maximum absolute atomic E-state index is 11.8. The zero-order valence-electron chi connectivity index (χ0n) is 12.9. The van der Waals surface area contributed by atoms with Gasteiger partial charge in [-0.1, -0.05) is 31.7 Å². The molecule has 21 heavy (non-hydrogen) atoms. The van der Waals surface area contributed by atoms with Crippen molar-refractivity contribution in [1.29, 1.82) is 0 Å². The van der Waals surface area contributed by atoms with Gasteiger partial charge in [-0.25, -0.2) is 0 Å². The van der Waals surface area contributed by atoms with Crippen LogP contribution in [0.1, 0.15) is 38.5 Å². The zero-order chi connectivity index (χ0) is 14.9. The van der Waals surface area contributed by atoms with Gasteiger partial charge in [-0.05, 0) is 37.4 Å². The van der Waals surface area contributed by atoms with Crippen molar-refractivity contribution in [2.75, 3.05) is 25.5 Å². The number of hydrogen-bond donors (Lipinski definition) is 2. The Morgan fingerprint density at radius 1 is 1.33 bits per heavy atom. The van der Waals surface area contributed by atoms with Crippen LogP contribution in [0, 0.1) is 5.92 Å². The molecule has 0 spiro atoms. The smallest absolute Gasteiger partial charge is 0.238 e. The first-order valence-electron chi connectivity index (χ1n) is 7.92. The van der Waals surface area contributed by atoms with Gasteiger partial charge in [0.2, 0.25) is 5.91 Å². The van der Waals surface area contributed by atoms with E-state index in [0.29, 0.717) is 6.54 Å². The number of ether oxygens (including phenoxy) is 1. The van der Waals surface area contributed by atoms with Gasteiger partial charge < -0.3 is 15.4 Å². The summed E-state index contributed by atoms with van der Waals surface area (Å²) in [5.74, 6) is 1.67. The van der Waals surface area contributed by atoms with E-state index in [9.17, 15) is 4.79 Å². The van der Waals surface area contributed by atoms with Gasteiger partial charge in [0.1, 0.15) is 5.75 Å². The van der Waals surface area contributed by atoms with E-state index < -0.39 is 0 Å². The molecule has 0 radical (unpaired) electrons. The predicted molar refractivity (Wildman–Crippen MR) is 85.7 cm³/mol. The molecule has 0 saturated heterocycles. The Bertz CT molecular complexity index is 442. The van der Waals surface area contributed by atoms with Crippen LogP contribution in [0.15, 0.2) is 24.3 Å². The summed E-state index contributed by atoms with van der Waals surface area (Å²) in [5.41, 5.74) is 0.770. The van der Waals surface area contributed by atoms with Crippen molar-refractivity contribution in [2.24, 2.45) is 5.92 Å². The Kier molecular flexibility index (Phi) is 6.54. The number of benzene rings is 1. The van der Waals surface area contributed by atoms with Gasteiger partial charge in [0.15, 0.2) is 0 Å². The third-order valence-corrected chi connectivity index (χ3v) is 4.08. The van der Waals surface area contributed by atoms with Gasteiger partial charge in [0, 0.05) is 11.8 Å². The molecule has 1 amide bonds. The molecule has 2 rings (SSSR count). The van der Waals surface area contributed by atoms with Gasteiger partial charge in [0.05, 0.1) is 13.7 Å². The molecule has 0 atom stereocenters. The molecule has 1 aliphatic rings. The minimum Gasteiger partial charge on any atom is -0.497 e. The fourth-order valence-electron chi connectivity index (χ4n) is 2.92. The lowest BCUT2D eigenvalue weighted by molar-refractivity contribution is -0.115. The first-order chi connectivity index (χ1) is 10.3. The van der Waals surface area contributed by atoms with E-state index in [1.807, 2.05) is 24.3 Å². The quantitative estimate of drug-likeness (QED) is 0.723. The third-order valence-electron chi connectivity index (χ3n) is 4.08.